The SMILES string of the molecule is Cc1ccc(C(=O)NCC2(C(=O)O)CCCCC2)cc1O. The van der Waals surface area contributed by atoms with E-state index >= 15 is 0 Å². The Kier molecular flexibility index (Phi) is 4.50. The van der Waals surface area contributed by atoms with Gasteiger partial charge in [-0.05, 0) is 37.5 Å². The molecule has 0 bridgehead atoms. The van der Waals surface area contributed by atoms with Gasteiger partial charge in [-0.3, -0.25) is 9.59 Å². The topological polar surface area (TPSA) is 86.6 Å². The molecule has 0 atom stereocenters. The molecule has 1 aromatic rings. The molecular weight excluding hydrogens is 270 g/mol. The van der Waals surface area contributed by atoms with Crippen molar-refractivity contribution < 1.29 is 19.8 Å². The highest BCUT2D eigenvalue weighted by Gasteiger charge is 2.39. The van der Waals surface area contributed by atoms with Gasteiger partial charge in [0.05, 0.1) is 5.41 Å². The summed E-state index contributed by atoms with van der Waals surface area (Å²) in [5, 5.41) is 21.8. The maximum atomic E-state index is 12.1. The average molecular weight is 291 g/mol. The second-order valence-corrected chi connectivity index (χ2v) is 5.83. The van der Waals surface area contributed by atoms with Gasteiger partial charge in [0.15, 0.2) is 0 Å². The molecule has 21 heavy (non-hydrogen) atoms. The fourth-order valence-electron chi connectivity index (χ4n) is 2.80. The Bertz CT molecular complexity index is 547. The zero-order chi connectivity index (χ0) is 15.5. The van der Waals surface area contributed by atoms with Gasteiger partial charge in [-0.15, -0.1) is 0 Å². The number of amides is 1. The molecule has 3 N–H and O–H groups in total. The van der Waals surface area contributed by atoms with E-state index in [9.17, 15) is 19.8 Å². The summed E-state index contributed by atoms with van der Waals surface area (Å²) in [5.41, 5.74) is 0.191. The molecule has 0 saturated heterocycles. The van der Waals surface area contributed by atoms with Gasteiger partial charge in [0.1, 0.15) is 5.75 Å². The first-order chi connectivity index (χ1) is 9.94. The summed E-state index contributed by atoms with van der Waals surface area (Å²) in [6.45, 7) is 1.88. The zero-order valence-corrected chi connectivity index (χ0v) is 12.2. The van der Waals surface area contributed by atoms with Crippen LogP contribution in [0.5, 0.6) is 5.75 Å². The second-order valence-electron chi connectivity index (χ2n) is 5.83. The van der Waals surface area contributed by atoms with E-state index in [1.54, 1.807) is 19.1 Å². The van der Waals surface area contributed by atoms with Crippen LogP contribution in [-0.2, 0) is 4.79 Å². The summed E-state index contributed by atoms with van der Waals surface area (Å²) in [4.78, 5) is 23.6. The van der Waals surface area contributed by atoms with Crippen molar-refractivity contribution in [3.8, 4) is 5.75 Å². The number of aryl methyl sites for hydroxylation is 1. The quantitative estimate of drug-likeness (QED) is 0.795. The molecule has 1 amide bonds. The molecule has 1 aromatic carbocycles. The summed E-state index contributed by atoms with van der Waals surface area (Å²) >= 11 is 0. The summed E-state index contributed by atoms with van der Waals surface area (Å²) in [6, 6.07) is 4.69. The van der Waals surface area contributed by atoms with Gasteiger partial charge >= 0.3 is 5.97 Å². The molecule has 0 radical (unpaired) electrons. The molecule has 0 unspecified atom stereocenters. The number of phenols is 1. The van der Waals surface area contributed by atoms with Crippen LogP contribution in [0.15, 0.2) is 18.2 Å². The average Bonchev–Trinajstić information content (AvgIpc) is 2.48. The Morgan fingerprint density at radius 3 is 2.48 bits per heavy atom. The highest BCUT2D eigenvalue weighted by atomic mass is 16.4. The molecule has 114 valence electrons. The number of aliphatic carboxylic acids is 1. The minimum atomic E-state index is -0.847. The number of hydrogen-bond donors (Lipinski definition) is 3. The smallest absolute Gasteiger partial charge is 0.311 e. The van der Waals surface area contributed by atoms with E-state index in [2.05, 4.69) is 5.32 Å². The summed E-state index contributed by atoms with van der Waals surface area (Å²) in [7, 11) is 0. The Labute approximate surface area is 124 Å². The Balaban J connectivity index is 2.05. The number of carbonyl (C=O) groups is 2. The predicted octanol–water partition coefficient (Wildman–Crippen LogP) is 2.47. The largest absolute Gasteiger partial charge is 0.508 e. The molecule has 1 aliphatic rings. The maximum Gasteiger partial charge on any atom is 0.311 e. The fourth-order valence-corrected chi connectivity index (χ4v) is 2.80. The number of benzene rings is 1. The standard InChI is InChI=1S/C16H21NO4/c1-11-5-6-12(9-13(11)18)14(19)17-10-16(15(20)21)7-3-2-4-8-16/h5-6,9,18H,2-4,7-8,10H2,1H3,(H,17,19)(H,20,21). The van der Waals surface area contributed by atoms with E-state index in [1.807, 2.05) is 0 Å². The van der Waals surface area contributed by atoms with Crippen molar-refractivity contribution >= 4 is 11.9 Å². The van der Waals surface area contributed by atoms with E-state index in [0.717, 1.165) is 19.3 Å². The number of phenolic OH excluding ortho intramolecular Hbond substituents is 1. The highest BCUT2D eigenvalue weighted by Crippen LogP contribution is 2.36. The van der Waals surface area contributed by atoms with Crippen LogP contribution in [0.25, 0.3) is 0 Å². The van der Waals surface area contributed by atoms with Crippen molar-refractivity contribution in [1.82, 2.24) is 5.32 Å². The number of carboxylic acid groups (broad SMARTS) is 1. The molecule has 0 heterocycles. The third kappa shape index (κ3) is 3.35. The van der Waals surface area contributed by atoms with E-state index in [-0.39, 0.29) is 18.2 Å². The van der Waals surface area contributed by atoms with Crippen molar-refractivity contribution in [1.29, 1.82) is 0 Å². The van der Waals surface area contributed by atoms with Crippen molar-refractivity contribution in [2.75, 3.05) is 6.54 Å². The van der Waals surface area contributed by atoms with E-state index in [0.29, 0.717) is 24.0 Å². The van der Waals surface area contributed by atoms with Gasteiger partial charge in [-0.2, -0.15) is 0 Å². The number of carbonyl (C=O) groups excluding carboxylic acids is 1. The molecule has 5 heteroatoms. The first-order valence-corrected chi connectivity index (χ1v) is 7.26. The van der Waals surface area contributed by atoms with Crippen LogP contribution in [0.4, 0.5) is 0 Å². The normalized spacial score (nSPS) is 17.2. The molecule has 2 rings (SSSR count). The number of hydrogen-bond acceptors (Lipinski definition) is 3. The van der Waals surface area contributed by atoms with Gasteiger partial charge in [-0.1, -0.05) is 25.3 Å². The minimum absolute atomic E-state index is 0.0632. The molecule has 0 aliphatic heterocycles. The molecule has 0 spiro atoms. The molecular formula is C16H21NO4. The Morgan fingerprint density at radius 1 is 1.24 bits per heavy atom. The first-order valence-electron chi connectivity index (χ1n) is 7.26. The molecule has 0 aromatic heterocycles. The van der Waals surface area contributed by atoms with Crippen LogP contribution < -0.4 is 5.32 Å². The van der Waals surface area contributed by atoms with E-state index in [1.165, 1.54) is 6.07 Å². The molecule has 1 saturated carbocycles. The lowest BCUT2D eigenvalue weighted by molar-refractivity contribution is -0.150. The minimum Gasteiger partial charge on any atom is -0.508 e. The van der Waals surface area contributed by atoms with Gasteiger partial charge < -0.3 is 15.5 Å². The lowest BCUT2D eigenvalue weighted by Crippen LogP contribution is -2.44. The molecule has 1 aliphatic carbocycles. The van der Waals surface area contributed by atoms with Crippen LogP contribution in [0, 0.1) is 12.3 Å². The number of carboxylic acids is 1. The summed E-state index contributed by atoms with van der Waals surface area (Å²) < 4.78 is 0. The molecule has 5 nitrogen and oxygen atoms in total. The van der Waals surface area contributed by atoms with Gasteiger partial charge in [0, 0.05) is 12.1 Å². The van der Waals surface area contributed by atoms with Crippen LogP contribution in [0.3, 0.4) is 0 Å². The first kappa shape index (κ1) is 15.4. The third-order valence-corrected chi connectivity index (χ3v) is 4.32. The summed E-state index contributed by atoms with van der Waals surface area (Å²) in [6.07, 6.45) is 4.01. The number of aromatic hydroxyl groups is 1. The highest BCUT2D eigenvalue weighted by molar-refractivity contribution is 5.95. The number of rotatable bonds is 4. The van der Waals surface area contributed by atoms with Crippen molar-refractivity contribution in [3.63, 3.8) is 0 Å². The van der Waals surface area contributed by atoms with Gasteiger partial charge in [-0.25, -0.2) is 0 Å². The van der Waals surface area contributed by atoms with Gasteiger partial charge in [0.2, 0.25) is 0 Å². The predicted molar refractivity (Wildman–Crippen MR) is 78.3 cm³/mol. The van der Waals surface area contributed by atoms with E-state index in [4.69, 9.17) is 0 Å². The molecule has 1 fully saturated rings. The third-order valence-electron chi connectivity index (χ3n) is 4.32. The van der Waals surface area contributed by atoms with Crippen LogP contribution >= 0.6 is 0 Å². The maximum absolute atomic E-state index is 12.1. The zero-order valence-electron chi connectivity index (χ0n) is 12.2. The monoisotopic (exact) mass is 291 g/mol. The number of nitrogens with one attached hydrogen (secondary N) is 1. The fraction of sp³-hybridized carbons (Fsp3) is 0.500. The van der Waals surface area contributed by atoms with Crippen molar-refractivity contribution in [3.05, 3.63) is 29.3 Å². The second kappa shape index (κ2) is 6.16. The Hall–Kier alpha value is -2.04. The lowest BCUT2D eigenvalue weighted by atomic mass is 9.74. The van der Waals surface area contributed by atoms with Crippen LogP contribution in [0.1, 0.15) is 48.0 Å². The van der Waals surface area contributed by atoms with Crippen LogP contribution in [0.2, 0.25) is 0 Å². The Morgan fingerprint density at radius 2 is 1.90 bits per heavy atom. The van der Waals surface area contributed by atoms with Crippen LogP contribution in [-0.4, -0.2) is 28.6 Å². The van der Waals surface area contributed by atoms with E-state index < -0.39 is 11.4 Å². The van der Waals surface area contributed by atoms with Crippen molar-refractivity contribution in [2.45, 2.75) is 39.0 Å². The van der Waals surface area contributed by atoms with Crippen molar-refractivity contribution in [2.24, 2.45) is 5.41 Å². The van der Waals surface area contributed by atoms with Gasteiger partial charge in [0.25, 0.3) is 5.91 Å². The lowest BCUT2D eigenvalue weighted by Gasteiger charge is -2.33. The summed E-state index contributed by atoms with van der Waals surface area (Å²) in [5.74, 6) is -1.13.